The summed E-state index contributed by atoms with van der Waals surface area (Å²) in [5, 5.41) is 0.559. The fraction of sp³-hybridized carbons (Fsp3) is 0.333. The first-order valence-corrected chi connectivity index (χ1v) is 10.6. The molecule has 0 aromatic heterocycles. The van der Waals surface area contributed by atoms with Gasteiger partial charge in [0, 0.05) is 5.02 Å². The van der Waals surface area contributed by atoms with Crippen LogP contribution in [0.15, 0.2) is 54.1 Å². The van der Waals surface area contributed by atoms with E-state index in [-0.39, 0.29) is 11.8 Å². The lowest BCUT2D eigenvalue weighted by atomic mass is 9.83. The largest absolute Gasteiger partial charge is 0.352 e. The second-order valence-electron chi connectivity index (χ2n) is 8.05. The highest BCUT2D eigenvalue weighted by Gasteiger charge is 2.51. The van der Waals surface area contributed by atoms with Crippen LogP contribution in [0.1, 0.15) is 49.7 Å². The van der Waals surface area contributed by atoms with Gasteiger partial charge in [-0.3, -0.25) is 9.59 Å². The van der Waals surface area contributed by atoms with Crippen LogP contribution in [-0.4, -0.2) is 17.9 Å². The highest BCUT2D eigenvalue weighted by Crippen LogP contribution is 2.47. The van der Waals surface area contributed by atoms with E-state index in [9.17, 15) is 9.59 Å². The molecule has 2 fully saturated rings. The van der Waals surface area contributed by atoms with Gasteiger partial charge in [-0.15, -0.1) is 0 Å². The average molecular weight is 408 g/mol. The SMILES string of the molecule is O=C1C2=Cc3ccccc3C3(CCCCCC3)OC2C(=O)N1c1ccc(Cl)cc1. The van der Waals surface area contributed by atoms with Crippen LogP contribution in [0.3, 0.4) is 0 Å². The van der Waals surface area contributed by atoms with Gasteiger partial charge in [-0.1, -0.05) is 61.5 Å². The smallest absolute Gasteiger partial charge is 0.268 e. The van der Waals surface area contributed by atoms with E-state index in [1.54, 1.807) is 24.3 Å². The molecular formula is C24H22ClNO3. The molecule has 1 saturated carbocycles. The summed E-state index contributed by atoms with van der Waals surface area (Å²) >= 11 is 5.98. The second-order valence-corrected chi connectivity index (χ2v) is 8.48. The van der Waals surface area contributed by atoms with Crippen LogP contribution < -0.4 is 4.90 Å². The molecule has 1 aliphatic carbocycles. The molecule has 2 aliphatic heterocycles. The van der Waals surface area contributed by atoms with Crippen molar-refractivity contribution in [3.63, 3.8) is 0 Å². The summed E-state index contributed by atoms with van der Waals surface area (Å²) in [5.41, 5.74) is 2.49. The molecule has 3 aliphatic rings. The predicted octanol–water partition coefficient (Wildman–Crippen LogP) is 5.25. The van der Waals surface area contributed by atoms with Crippen LogP contribution in [-0.2, 0) is 19.9 Å². The normalized spacial score (nSPS) is 23.3. The maximum atomic E-state index is 13.4. The van der Waals surface area contributed by atoms with Gasteiger partial charge in [0.05, 0.1) is 16.9 Å². The molecule has 1 saturated heterocycles. The number of anilines is 1. The number of carbonyl (C=O) groups excluding carboxylic acids is 2. The van der Waals surface area contributed by atoms with E-state index < -0.39 is 11.7 Å². The van der Waals surface area contributed by atoms with E-state index in [1.165, 1.54) is 17.7 Å². The van der Waals surface area contributed by atoms with Crippen LogP contribution in [0, 0.1) is 0 Å². The topological polar surface area (TPSA) is 46.6 Å². The second kappa shape index (κ2) is 7.12. The van der Waals surface area contributed by atoms with E-state index in [4.69, 9.17) is 16.3 Å². The van der Waals surface area contributed by atoms with Crippen molar-refractivity contribution in [3.8, 4) is 0 Å². The van der Waals surface area contributed by atoms with Gasteiger partial charge < -0.3 is 4.74 Å². The Bertz CT molecular complexity index is 1000. The lowest BCUT2D eigenvalue weighted by Crippen LogP contribution is -2.39. The Morgan fingerprint density at radius 3 is 2.34 bits per heavy atom. The molecule has 29 heavy (non-hydrogen) atoms. The molecule has 0 radical (unpaired) electrons. The van der Waals surface area contributed by atoms with Crippen molar-refractivity contribution in [1.82, 2.24) is 0 Å². The third-order valence-electron chi connectivity index (χ3n) is 6.28. The minimum absolute atomic E-state index is 0.317. The van der Waals surface area contributed by atoms with Gasteiger partial charge in [0.15, 0.2) is 6.10 Å². The number of ether oxygens (including phenoxy) is 1. The summed E-state index contributed by atoms with van der Waals surface area (Å²) in [7, 11) is 0. The fourth-order valence-electron chi connectivity index (χ4n) is 4.86. The van der Waals surface area contributed by atoms with E-state index in [0.717, 1.165) is 36.8 Å². The number of carbonyl (C=O) groups is 2. The Hall–Kier alpha value is -2.43. The molecule has 1 spiro atoms. The molecular weight excluding hydrogens is 386 g/mol. The minimum Gasteiger partial charge on any atom is -0.352 e. The van der Waals surface area contributed by atoms with Gasteiger partial charge in [0.25, 0.3) is 11.8 Å². The van der Waals surface area contributed by atoms with Gasteiger partial charge in [0.1, 0.15) is 0 Å². The van der Waals surface area contributed by atoms with Crippen LogP contribution in [0.4, 0.5) is 5.69 Å². The number of hydrogen-bond acceptors (Lipinski definition) is 3. The van der Waals surface area contributed by atoms with Crippen molar-refractivity contribution in [1.29, 1.82) is 0 Å². The molecule has 1 atom stereocenters. The quantitative estimate of drug-likeness (QED) is 0.607. The molecule has 2 heterocycles. The van der Waals surface area contributed by atoms with Crippen molar-refractivity contribution >= 4 is 35.2 Å². The number of hydrogen-bond donors (Lipinski definition) is 0. The number of imide groups is 1. The molecule has 148 valence electrons. The lowest BCUT2D eigenvalue weighted by Gasteiger charge is -2.35. The van der Waals surface area contributed by atoms with Crippen molar-refractivity contribution in [2.75, 3.05) is 4.90 Å². The highest BCUT2D eigenvalue weighted by atomic mass is 35.5. The number of rotatable bonds is 1. The number of nitrogens with zero attached hydrogens (tertiary/aromatic N) is 1. The molecule has 5 rings (SSSR count). The van der Waals surface area contributed by atoms with Gasteiger partial charge >= 0.3 is 0 Å². The third kappa shape index (κ3) is 3.02. The fourth-order valence-corrected chi connectivity index (χ4v) is 4.98. The zero-order valence-electron chi connectivity index (χ0n) is 16.1. The summed E-state index contributed by atoms with van der Waals surface area (Å²) < 4.78 is 6.62. The van der Waals surface area contributed by atoms with Gasteiger partial charge in [-0.25, -0.2) is 4.90 Å². The van der Waals surface area contributed by atoms with Crippen LogP contribution in [0.2, 0.25) is 5.02 Å². The Morgan fingerprint density at radius 1 is 0.931 bits per heavy atom. The molecule has 0 N–H and O–H groups in total. The predicted molar refractivity (Wildman–Crippen MR) is 113 cm³/mol. The first-order chi connectivity index (χ1) is 14.1. The summed E-state index contributed by atoms with van der Waals surface area (Å²) in [5.74, 6) is -0.636. The molecule has 2 amide bonds. The van der Waals surface area contributed by atoms with Gasteiger partial charge in [0.2, 0.25) is 0 Å². The number of amides is 2. The molecule has 0 bridgehead atoms. The Morgan fingerprint density at radius 2 is 1.62 bits per heavy atom. The van der Waals surface area contributed by atoms with Crippen molar-refractivity contribution < 1.29 is 14.3 Å². The third-order valence-corrected chi connectivity index (χ3v) is 6.53. The summed E-state index contributed by atoms with van der Waals surface area (Å²) in [4.78, 5) is 27.8. The zero-order valence-corrected chi connectivity index (χ0v) is 16.8. The van der Waals surface area contributed by atoms with Crippen molar-refractivity contribution in [2.24, 2.45) is 0 Å². The monoisotopic (exact) mass is 407 g/mol. The summed E-state index contributed by atoms with van der Waals surface area (Å²) in [6.07, 6.45) is 7.16. The minimum atomic E-state index is -0.872. The van der Waals surface area contributed by atoms with E-state index in [1.807, 2.05) is 24.3 Å². The lowest BCUT2D eigenvalue weighted by molar-refractivity contribution is -0.140. The maximum Gasteiger partial charge on any atom is 0.268 e. The Kier molecular flexibility index (Phi) is 4.56. The first kappa shape index (κ1) is 18.6. The zero-order chi connectivity index (χ0) is 20.0. The number of benzene rings is 2. The van der Waals surface area contributed by atoms with Crippen LogP contribution >= 0.6 is 11.6 Å². The van der Waals surface area contributed by atoms with Crippen molar-refractivity contribution in [3.05, 3.63) is 70.3 Å². The van der Waals surface area contributed by atoms with E-state index >= 15 is 0 Å². The average Bonchev–Trinajstić information content (AvgIpc) is 2.94. The van der Waals surface area contributed by atoms with Gasteiger partial charge in [-0.05, 0) is 54.3 Å². The molecule has 1 unspecified atom stereocenters. The number of halogens is 1. The maximum absolute atomic E-state index is 13.4. The first-order valence-electron chi connectivity index (χ1n) is 10.2. The number of fused-ring (bicyclic) bond motifs is 3. The molecule has 5 heteroatoms. The Labute approximate surface area is 175 Å². The van der Waals surface area contributed by atoms with Crippen LogP contribution in [0.25, 0.3) is 6.08 Å². The molecule has 2 aromatic carbocycles. The molecule has 2 aromatic rings. The highest BCUT2D eigenvalue weighted by molar-refractivity contribution is 6.33. The summed E-state index contributed by atoms with van der Waals surface area (Å²) in [6.45, 7) is 0. The van der Waals surface area contributed by atoms with Gasteiger partial charge in [-0.2, -0.15) is 0 Å². The standard InChI is InChI=1S/C24H22ClNO3/c25-17-9-11-18(12-10-17)26-22(27)19-15-16-7-3-4-8-20(16)24(29-21(19)23(26)28)13-5-1-2-6-14-24/h3-4,7-12,15,21H,1-2,5-6,13-14H2. The van der Waals surface area contributed by atoms with E-state index in [2.05, 4.69) is 6.07 Å². The van der Waals surface area contributed by atoms with E-state index in [0.29, 0.717) is 16.3 Å². The molecule has 4 nitrogen and oxygen atoms in total. The Balaban J connectivity index is 1.62. The van der Waals surface area contributed by atoms with Crippen LogP contribution in [0.5, 0.6) is 0 Å². The summed E-state index contributed by atoms with van der Waals surface area (Å²) in [6, 6.07) is 14.8. The van der Waals surface area contributed by atoms with Crippen molar-refractivity contribution in [2.45, 2.75) is 50.2 Å².